The minimum absolute atomic E-state index is 0.00388. The van der Waals surface area contributed by atoms with E-state index in [1.807, 2.05) is 6.92 Å². The van der Waals surface area contributed by atoms with E-state index < -0.39 is 10.0 Å². The predicted octanol–water partition coefficient (Wildman–Crippen LogP) is 0.851. The average Bonchev–Trinajstić information content (AvgIpc) is 2.61. The van der Waals surface area contributed by atoms with Crippen LogP contribution >= 0.6 is 0 Å². The highest BCUT2D eigenvalue weighted by molar-refractivity contribution is 7.89. The van der Waals surface area contributed by atoms with Crippen LogP contribution in [0.15, 0.2) is 29.2 Å². The number of likely N-dealkylation sites (tertiary alicyclic amines) is 1. The molecule has 9 heteroatoms. The third-order valence-electron chi connectivity index (χ3n) is 4.79. The van der Waals surface area contributed by atoms with Gasteiger partial charge in [0.2, 0.25) is 21.8 Å². The summed E-state index contributed by atoms with van der Waals surface area (Å²) >= 11 is 0. The van der Waals surface area contributed by atoms with Crippen LogP contribution in [0, 0.1) is 5.92 Å². The maximum Gasteiger partial charge on any atom is 0.243 e. The van der Waals surface area contributed by atoms with Crippen molar-refractivity contribution in [3.63, 3.8) is 0 Å². The molecule has 27 heavy (non-hydrogen) atoms. The second kappa shape index (κ2) is 8.81. The number of nitrogens with two attached hydrogens (primary N) is 1. The van der Waals surface area contributed by atoms with Crippen LogP contribution in [-0.2, 0) is 19.6 Å². The number of amides is 2. The van der Waals surface area contributed by atoms with E-state index in [1.54, 1.807) is 4.90 Å². The molecule has 0 spiro atoms. The largest absolute Gasteiger partial charge is 0.341 e. The quantitative estimate of drug-likeness (QED) is 0.740. The van der Waals surface area contributed by atoms with Crippen molar-refractivity contribution in [3.05, 3.63) is 24.3 Å². The first-order chi connectivity index (χ1) is 12.6. The van der Waals surface area contributed by atoms with Crippen molar-refractivity contribution in [3.8, 4) is 0 Å². The summed E-state index contributed by atoms with van der Waals surface area (Å²) in [5, 5.41) is 2.58. The van der Waals surface area contributed by atoms with E-state index in [1.165, 1.54) is 38.2 Å². The van der Waals surface area contributed by atoms with E-state index >= 15 is 0 Å². The molecule has 1 aromatic carbocycles. The van der Waals surface area contributed by atoms with Crippen LogP contribution in [0.25, 0.3) is 0 Å². The minimum Gasteiger partial charge on any atom is -0.341 e. The summed E-state index contributed by atoms with van der Waals surface area (Å²) in [5.41, 5.74) is 6.46. The fraction of sp³-hybridized carbons (Fsp3) is 0.556. The monoisotopic (exact) mass is 396 g/mol. The molecule has 0 aliphatic carbocycles. The summed E-state index contributed by atoms with van der Waals surface area (Å²) in [6, 6.07) is 5.86. The van der Waals surface area contributed by atoms with Gasteiger partial charge < -0.3 is 16.0 Å². The van der Waals surface area contributed by atoms with Crippen LogP contribution in [0.4, 0.5) is 5.69 Å². The zero-order valence-electron chi connectivity index (χ0n) is 16.0. The highest BCUT2D eigenvalue weighted by Gasteiger charge is 2.29. The van der Waals surface area contributed by atoms with Crippen molar-refractivity contribution in [1.82, 2.24) is 9.21 Å². The van der Waals surface area contributed by atoms with Crippen molar-refractivity contribution in [2.45, 2.75) is 37.6 Å². The Bertz CT molecular complexity index is 777. The van der Waals surface area contributed by atoms with Gasteiger partial charge in [0, 0.05) is 38.8 Å². The van der Waals surface area contributed by atoms with Crippen molar-refractivity contribution >= 4 is 27.5 Å². The van der Waals surface area contributed by atoms with Gasteiger partial charge >= 0.3 is 0 Å². The normalized spacial score (nSPS) is 19.0. The first kappa shape index (κ1) is 21.3. The summed E-state index contributed by atoms with van der Waals surface area (Å²) in [4.78, 5) is 25.4. The van der Waals surface area contributed by atoms with Crippen molar-refractivity contribution in [2.75, 3.05) is 32.0 Å². The lowest BCUT2D eigenvalue weighted by Gasteiger charge is -2.35. The van der Waals surface area contributed by atoms with Gasteiger partial charge in [0.25, 0.3) is 0 Å². The van der Waals surface area contributed by atoms with Gasteiger partial charge in [-0.3, -0.25) is 9.59 Å². The molecule has 1 saturated heterocycles. The van der Waals surface area contributed by atoms with E-state index in [0.717, 1.165) is 17.1 Å². The molecule has 0 aromatic heterocycles. The van der Waals surface area contributed by atoms with Crippen LogP contribution in [0.5, 0.6) is 0 Å². The third-order valence-corrected chi connectivity index (χ3v) is 6.61. The first-order valence-electron chi connectivity index (χ1n) is 8.98. The van der Waals surface area contributed by atoms with Gasteiger partial charge in [0.15, 0.2) is 0 Å². The smallest absolute Gasteiger partial charge is 0.243 e. The zero-order chi connectivity index (χ0) is 20.2. The number of hydrogen-bond donors (Lipinski definition) is 2. The van der Waals surface area contributed by atoms with Crippen LogP contribution in [0.3, 0.4) is 0 Å². The molecule has 150 valence electrons. The third kappa shape index (κ3) is 5.50. The van der Waals surface area contributed by atoms with Crippen molar-refractivity contribution in [1.29, 1.82) is 0 Å². The number of nitrogens with zero attached hydrogens (tertiary/aromatic N) is 2. The molecule has 3 N–H and O–H groups in total. The number of sulfonamides is 1. The van der Waals surface area contributed by atoms with Crippen molar-refractivity contribution in [2.24, 2.45) is 11.7 Å². The summed E-state index contributed by atoms with van der Waals surface area (Å²) < 4.78 is 26.5. The van der Waals surface area contributed by atoms with Crippen LogP contribution in [0.1, 0.15) is 26.7 Å². The molecule has 0 saturated carbocycles. The predicted molar refractivity (Wildman–Crippen MR) is 104 cm³/mol. The number of piperidine rings is 1. The lowest BCUT2D eigenvalue weighted by molar-refractivity contribution is -0.133. The van der Waals surface area contributed by atoms with E-state index in [-0.39, 0.29) is 35.2 Å². The molecule has 2 rings (SSSR count). The molecule has 2 amide bonds. The molecule has 1 aromatic rings. The summed E-state index contributed by atoms with van der Waals surface area (Å²) in [7, 11) is -2.41. The number of hydrogen-bond acceptors (Lipinski definition) is 5. The van der Waals surface area contributed by atoms with Crippen LogP contribution < -0.4 is 11.1 Å². The molecule has 8 nitrogen and oxygen atoms in total. The van der Waals surface area contributed by atoms with Gasteiger partial charge in [-0.1, -0.05) is 0 Å². The number of benzene rings is 1. The fourth-order valence-electron chi connectivity index (χ4n) is 3.13. The number of anilines is 1. The van der Waals surface area contributed by atoms with E-state index in [2.05, 4.69) is 5.32 Å². The van der Waals surface area contributed by atoms with Gasteiger partial charge in [-0.2, -0.15) is 4.31 Å². The Morgan fingerprint density at radius 1 is 1.33 bits per heavy atom. The molecule has 2 atom stereocenters. The molecule has 1 aliphatic rings. The van der Waals surface area contributed by atoms with Crippen LogP contribution in [-0.4, -0.2) is 62.2 Å². The summed E-state index contributed by atoms with van der Waals surface area (Å²) in [5.74, 6) is -0.216. The Morgan fingerprint density at radius 2 is 1.96 bits per heavy atom. The van der Waals surface area contributed by atoms with Gasteiger partial charge in [0.1, 0.15) is 0 Å². The molecule has 1 aliphatic heterocycles. The molecule has 0 radical (unpaired) electrons. The average molecular weight is 397 g/mol. The first-order valence-corrected chi connectivity index (χ1v) is 10.4. The summed E-state index contributed by atoms with van der Waals surface area (Å²) in [6.07, 6.45) is 1.86. The second-order valence-corrected chi connectivity index (χ2v) is 9.11. The molecule has 1 fully saturated rings. The van der Waals surface area contributed by atoms with Gasteiger partial charge in [0.05, 0.1) is 11.4 Å². The Labute approximate surface area is 160 Å². The molecule has 1 heterocycles. The Kier molecular flexibility index (Phi) is 6.96. The number of carbonyl (C=O) groups is 2. The number of nitrogens with one attached hydrogen (secondary N) is 1. The number of carbonyl (C=O) groups excluding carboxylic acids is 2. The van der Waals surface area contributed by atoms with Crippen LogP contribution in [0.2, 0.25) is 0 Å². The molecule has 0 bridgehead atoms. The van der Waals surface area contributed by atoms with Crippen molar-refractivity contribution < 1.29 is 18.0 Å². The fourth-order valence-corrected chi connectivity index (χ4v) is 4.25. The van der Waals surface area contributed by atoms with E-state index in [0.29, 0.717) is 18.8 Å². The number of likely N-dealkylation sites (N-methyl/N-ethyl adjacent to an activating group) is 1. The lowest BCUT2D eigenvalue weighted by atomic mass is 9.92. The molecule has 2 unspecified atom stereocenters. The van der Waals surface area contributed by atoms with Gasteiger partial charge in [-0.25, -0.2) is 8.42 Å². The van der Waals surface area contributed by atoms with E-state index in [9.17, 15) is 18.0 Å². The molecular weight excluding hydrogens is 368 g/mol. The van der Waals surface area contributed by atoms with E-state index in [4.69, 9.17) is 5.73 Å². The highest BCUT2D eigenvalue weighted by Crippen LogP contribution is 2.21. The standard InChI is InChI=1S/C18H28N4O4S/c1-13(19)15-5-4-10-22(11-15)18(24)12-21(3)27(25,26)17-8-6-16(7-9-17)20-14(2)23/h6-9,13,15H,4-5,10-12,19H2,1-3H3,(H,20,23). The SMILES string of the molecule is CC(=O)Nc1ccc(S(=O)(=O)N(C)CC(=O)N2CCCC(C(C)N)C2)cc1. The highest BCUT2D eigenvalue weighted by atomic mass is 32.2. The lowest BCUT2D eigenvalue weighted by Crippen LogP contribution is -2.48. The second-order valence-electron chi connectivity index (χ2n) is 7.07. The van der Waals surface area contributed by atoms with Gasteiger partial charge in [-0.05, 0) is 49.9 Å². The maximum absolute atomic E-state index is 12.7. The Hall–Kier alpha value is -1.97. The Balaban J connectivity index is 2.03. The number of rotatable bonds is 6. The maximum atomic E-state index is 12.7. The Morgan fingerprint density at radius 3 is 2.52 bits per heavy atom. The topological polar surface area (TPSA) is 113 Å². The van der Waals surface area contributed by atoms with Gasteiger partial charge in [-0.15, -0.1) is 0 Å². The molecular formula is C18H28N4O4S. The minimum atomic E-state index is -3.80. The summed E-state index contributed by atoms with van der Waals surface area (Å²) in [6.45, 7) is 4.28. The zero-order valence-corrected chi connectivity index (χ0v) is 16.8.